The van der Waals surface area contributed by atoms with E-state index in [0.29, 0.717) is 26.3 Å². The second-order valence-electron chi connectivity index (χ2n) is 11.5. The van der Waals surface area contributed by atoms with Crippen LogP contribution >= 0.6 is 7.82 Å². The van der Waals surface area contributed by atoms with Crippen LogP contribution in [-0.2, 0) is 63.4 Å². The van der Waals surface area contributed by atoms with Gasteiger partial charge in [-0.25, -0.2) is 4.57 Å². The number of nitrogens with zero attached hydrogens (tertiary/aromatic N) is 1. The van der Waals surface area contributed by atoms with Crippen LogP contribution < -0.4 is 0 Å². The Hall–Kier alpha value is -2.43. The third-order valence-electron chi connectivity index (χ3n) is 8.49. The summed E-state index contributed by atoms with van der Waals surface area (Å²) in [6, 6.07) is 27.9. The summed E-state index contributed by atoms with van der Waals surface area (Å²) in [5, 5.41) is 0. The number of hydrogen-bond acceptors (Lipinski definition) is 9. The molecule has 10 heteroatoms. The molecule has 7 rings (SSSR count). The molecule has 4 aliphatic rings. The van der Waals surface area contributed by atoms with E-state index < -0.39 is 32.4 Å². The first-order valence-electron chi connectivity index (χ1n) is 15.1. The highest BCUT2D eigenvalue weighted by Crippen LogP contribution is 2.56. The van der Waals surface area contributed by atoms with Crippen molar-refractivity contribution in [3.8, 4) is 0 Å². The van der Waals surface area contributed by atoms with Crippen LogP contribution in [0, 0.1) is 0 Å². The standard InChI is InChI=1S/C33H38NO8P/c35-43(38-21-26-15-7-8-16-27(26)22-39-43)42-32-30(31(28-23-37-33(32)40-28)41-29-17-9-10-18-36-29)34(19-24-11-3-1-4-12-24)20-25-13-5-2-6-14-25/h1-8,11-16,28-33H,9-10,17-23H2/t28-,29?,30-,31+,32-,33-/m1/s1. The van der Waals surface area contributed by atoms with Gasteiger partial charge in [-0.15, -0.1) is 0 Å². The van der Waals surface area contributed by atoms with Crippen molar-refractivity contribution in [3.63, 3.8) is 0 Å². The van der Waals surface area contributed by atoms with E-state index >= 15 is 0 Å². The van der Waals surface area contributed by atoms with Gasteiger partial charge in [-0.2, -0.15) is 0 Å². The Bertz CT molecular complexity index is 1320. The number of hydrogen-bond donors (Lipinski definition) is 0. The maximum atomic E-state index is 14.2. The summed E-state index contributed by atoms with van der Waals surface area (Å²) in [7, 11) is -4.02. The molecule has 0 saturated carbocycles. The molecule has 3 aromatic carbocycles. The maximum Gasteiger partial charge on any atom is 0.475 e. The molecular weight excluding hydrogens is 569 g/mol. The molecule has 0 aromatic heterocycles. The van der Waals surface area contributed by atoms with Crippen molar-refractivity contribution in [2.24, 2.45) is 0 Å². The molecule has 228 valence electrons. The first kappa shape index (κ1) is 29.3. The SMILES string of the molecule is O=P1(O[C@H]2[C@@H]3OC[C@@H](O3)[C@H](OC3CCCCO3)[C@H]2N(Cc2ccccc2)Cc2ccccc2)OCc2ccccc2CO1. The lowest BCUT2D eigenvalue weighted by atomic mass is 9.94. The minimum absolute atomic E-state index is 0.118. The number of phosphoric acid groups is 1. The predicted octanol–water partition coefficient (Wildman–Crippen LogP) is 5.96. The summed E-state index contributed by atoms with van der Waals surface area (Å²) in [5.41, 5.74) is 4.10. The van der Waals surface area contributed by atoms with Gasteiger partial charge in [-0.3, -0.25) is 18.5 Å². The first-order valence-corrected chi connectivity index (χ1v) is 16.6. The van der Waals surface area contributed by atoms with E-state index in [9.17, 15) is 4.57 Å². The Kier molecular flexibility index (Phi) is 9.05. The lowest BCUT2D eigenvalue weighted by Crippen LogP contribution is -2.63. The molecule has 0 N–H and O–H groups in total. The predicted molar refractivity (Wildman–Crippen MR) is 157 cm³/mol. The highest BCUT2D eigenvalue weighted by Gasteiger charge is 2.57. The van der Waals surface area contributed by atoms with Crippen molar-refractivity contribution in [1.29, 1.82) is 0 Å². The van der Waals surface area contributed by atoms with E-state index in [1.165, 1.54) is 0 Å². The number of rotatable bonds is 9. The average molecular weight is 608 g/mol. The highest BCUT2D eigenvalue weighted by molar-refractivity contribution is 7.48. The molecule has 4 aliphatic heterocycles. The fraction of sp³-hybridized carbons (Fsp3) is 0.455. The molecule has 0 radical (unpaired) electrons. The highest BCUT2D eigenvalue weighted by atomic mass is 31.2. The molecule has 3 fully saturated rings. The number of benzene rings is 3. The summed E-state index contributed by atoms with van der Waals surface area (Å²) in [4.78, 5) is 2.32. The number of fused-ring (bicyclic) bond motifs is 3. The third-order valence-corrected chi connectivity index (χ3v) is 9.88. The molecule has 9 nitrogen and oxygen atoms in total. The van der Waals surface area contributed by atoms with Gasteiger partial charge in [0.05, 0.1) is 25.9 Å². The quantitative estimate of drug-likeness (QED) is 0.274. The van der Waals surface area contributed by atoms with Gasteiger partial charge in [-0.05, 0) is 41.5 Å². The second-order valence-corrected chi connectivity index (χ2v) is 13.1. The molecule has 0 amide bonds. The lowest BCUT2D eigenvalue weighted by molar-refractivity contribution is -0.268. The van der Waals surface area contributed by atoms with Crippen LogP contribution in [0.4, 0.5) is 0 Å². The Morgan fingerprint density at radius 1 is 0.767 bits per heavy atom. The average Bonchev–Trinajstić information content (AvgIpc) is 3.41. The Morgan fingerprint density at radius 3 is 2.00 bits per heavy atom. The summed E-state index contributed by atoms with van der Waals surface area (Å²) in [6.45, 7) is 2.42. The topological polar surface area (TPSA) is 84.9 Å². The van der Waals surface area contributed by atoms with Crippen LogP contribution in [0.15, 0.2) is 84.9 Å². The Labute approximate surface area is 252 Å². The minimum atomic E-state index is -4.02. The minimum Gasteiger partial charge on any atom is -0.353 e. The van der Waals surface area contributed by atoms with E-state index in [-0.39, 0.29) is 25.6 Å². The van der Waals surface area contributed by atoms with E-state index in [1.807, 2.05) is 60.7 Å². The summed E-state index contributed by atoms with van der Waals surface area (Å²) in [5.74, 6) is 0. The van der Waals surface area contributed by atoms with Crippen LogP contribution in [0.25, 0.3) is 0 Å². The van der Waals surface area contributed by atoms with Crippen molar-refractivity contribution >= 4 is 7.82 Å². The van der Waals surface area contributed by atoms with Crippen LogP contribution in [0.3, 0.4) is 0 Å². The summed E-state index contributed by atoms with van der Waals surface area (Å²) < 4.78 is 57.7. The zero-order chi connectivity index (χ0) is 29.1. The van der Waals surface area contributed by atoms with Gasteiger partial charge in [-0.1, -0.05) is 84.9 Å². The monoisotopic (exact) mass is 607 g/mol. The van der Waals surface area contributed by atoms with Gasteiger partial charge in [0.15, 0.2) is 12.6 Å². The van der Waals surface area contributed by atoms with Crippen molar-refractivity contribution < 1.29 is 37.1 Å². The van der Waals surface area contributed by atoms with E-state index in [2.05, 4.69) is 29.2 Å². The normalized spacial score (nSPS) is 30.1. The molecule has 4 heterocycles. The van der Waals surface area contributed by atoms with Crippen LogP contribution in [0.2, 0.25) is 0 Å². The number of ether oxygens (including phenoxy) is 4. The molecular formula is C33H38NO8P. The fourth-order valence-corrected chi connectivity index (χ4v) is 7.64. The van der Waals surface area contributed by atoms with Crippen molar-refractivity contribution in [1.82, 2.24) is 4.90 Å². The molecule has 1 unspecified atom stereocenters. The van der Waals surface area contributed by atoms with Crippen molar-refractivity contribution in [2.75, 3.05) is 13.2 Å². The van der Waals surface area contributed by atoms with Crippen LogP contribution in [0.5, 0.6) is 0 Å². The Morgan fingerprint density at radius 2 is 1.40 bits per heavy atom. The fourth-order valence-electron chi connectivity index (χ4n) is 6.33. The van der Waals surface area contributed by atoms with Crippen LogP contribution in [-0.4, -0.2) is 55.0 Å². The van der Waals surface area contributed by atoms with E-state index in [1.54, 1.807) is 0 Å². The molecule has 43 heavy (non-hydrogen) atoms. The summed E-state index contributed by atoms with van der Waals surface area (Å²) in [6.07, 6.45) is 0.0683. The lowest BCUT2D eigenvalue weighted by Gasteiger charge is -2.47. The van der Waals surface area contributed by atoms with Gasteiger partial charge in [0.1, 0.15) is 18.3 Å². The molecule has 6 atom stereocenters. The molecule has 3 saturated heterocycles. The molecule has 0 aliphatic carbocycles. The smallest absolute Gasteiger partial charge is 0.353 e. The van der Waals surface area contributed by atoms with E-state index in [0.717, 1.165) is 41.5 Å². The largest absolute Gasteiger partial charge is 0.475 e. The van der Waals surface area contributed by atoms with Gasteiger partial charge >= 0.3 is 7.82 Å². The van der Waals surface area contributed by atoms with Crippen molar-refractivity contribution in [3.05, 3.63) is 107 Å². The molecule has 3 aromatic rings. The molecule has 0 spiro atoms. The van der Waals surface area contributed by atoms with Gasteiger partial charge in [0.2, 0.25) is 0 Å². The van der Waals surface area contributed by atoms with Gasteiger partial charge in [0.25, 0.3) is 0 Å². The summed E-state index contributed by atoms with van der Waals surface area (Å²) >= 11 is 0. The Balaban J connectivity index is 1.24. The third kappa shape index (κ3) is 6.81. The number of phosphoric ester groups is 1. The second kappa shape index (κ2) is 13.3. The molecule has 2 bridgehead atoms. The van der Waals surface area contributed by atoms with Crippen molar-refractivity contribution in [2.45, 2.75) is 82.5 Å². The maximum absolute atomic E-state index is 14.2. The zero-order valence-corrected chi connectivity index (χ0v) is 25.0. The van der Waals surface area contributed by atoms with E-state index in [4.69, 9.17) is 32.5 Å². The first-order chi connectivity index (χ1) is 21.1. The zero-order valence-electron chi connectivity index (χ0n) is 24.1. The van der Waals surface area contributed by atoms with Crippen LogP contribution in [0.1, 0.15) is 41.5 Å². The van der Waals surface area contributed by atoms with Gasteiger partial charge in [0, 0.05) is 19.7 Å². The van der Waals surface area contributed by atoms with Gasteiger partial charge < -0.3 is 18.9 Å².